The van der Waals surface area contributed by atoms with E-state index in [-0.39, 0.29) is 23.0 Å². The molecule has 1 heterocycles. The number of nitrogens with two attached hydrogens (primary N) is 1. The van der Waals surface area contributed by atoms with Crippen LogP contribution in [-0.2, 0) is 14.8 Å². The molecule has 0 spiro atoms. The molecule has 3 aromatic rings. The van der Waals surface area contributed by atoms with Gasteiger partial charge in [0.1, 0.15) is 0 Å². The Morgan fingerprint density at radius 3 is 2.39 bits per heavy atom. The summed E-state index contributed by atoms with van der Waals surface area (Å²) < 4.78 is 33.6. The lowest BCUT2D eigenvalue weighted by Crippen LogP contribution is -2.13. The highest BCUT2D eigenvalue weighted by atomic mass is 32.2. The minimum Gasteiger partial charge on any atom is -0.461 e. The van der Waals surface area contributed by atoms with E-state index in [4.69, 9.17) is 10.5 Å². The first-order chi connectivity index (χ1) is 13.3. The van der Waals surface area contributed by atoms with Crippen LogP contribution in [0, 0.1) is 6.92 Å². The molecule has 1 aromatic heterocycles. The molecule has 0 bridgehead atoms. The average Bonchev–Trinajstić information content (AvgIpc) is 3.04. The normalized spacial score (nSPS) is 11.2. The monoisotopic (exact) mass is 401 g/mol. The maximum absolute atomic E-state index is 12.5. The van der Waals surface area contributed by atoms with Gasteiger partial charge in [-0.15, -0.1) is 5.10 Å². The molecular formula is C18H19N5O4S. The van der Waals surface area contributed by atoms with Crippen LogP contribution in [0.3, 0.4) is 0 Å². The van der Waals surface area contributed by atoms with E-state index in [0.717, 1.165) is 5.56 Å². The zero-order valence-corrected chi connectivity index (χ0v) is 16.1. The van der Waals surface area contributed by atoms with Crippen LogP contribution in [-0.4, -0.2) is 36.0 Å². The van der Waals surface area contributed by atoms with Crippen molar-refractivity contribution in [3.05, 3.63) is 59.8 Å². The minimum atomic E-state index is -3.70. The Morgan fingerprint density at radius 2 is 1.79 bits per heavy atom. The van der Waals surface area contributed by atoms with Crippen molar-refractivity contribution in [3.63, 3.8) is 0 Å². The number of carbonyl (C=O) groups is 1. The predicted molar refractivity (Wildman–Crippen MR) is 104 cm³/mol. The molecule has 0 unspecified atom stereocenters. The Hall–Kier alpha value is -3.40. The third kappa shape index (κ3) is 3.96. The molecule has 0 aliphatic carbocycles. The van der Waals surface area contributed by atoms with Gasteiger partial charge < -0.3 is 10.5 Å². The number of esters is 1. The molecular weight excluding hydrogens is 382 g/mol. The first-order valence-electron chi connectivity index (χ1n) is 8.40. The molecule has 0 aliphatic heterocycles. The SMILES string of the molecule is CCOC(=O)c1nnn(-c2ccc(NS(=O)(=O)c3ccc(C)cc3)cc2)c1N. The quantitative estimate of drug-likeness (QED) is 0.605. The van der Waals surface area contributed by atoms with Gasteiger partial charge in [0.25, 0.3) is 10.0 Å². The van der Waals surface area contributed by atoms with Gasteiger partial charge in [-0.2, -0.15) is 4.68 Å². The van der Waals surface area contributed by atoms with Gasteiger partial charge in [-0.05, 0) is 50.2 Å². The summed E-state index contributed by atoms with van der Waals surface area (Å²) in [6.45, 7) is 3.75. The van der Waals surface area contributed by atoms with E-state index in [1.807, 2.05) is 6.92 Å². The number of anilines is 2. The Kier molecular flexibility index (Phi) is 5.32. The second kappa shape index (κ2) is 7.69. The third-order valence-corrected chi connectivity index (χ3v) is 5.27. The van der Waals surface area contributed by atoms with E-state index in [2.05, 4.69) is 15.0 Å². The van der Waals surface area contributed by atoms with Crippen LogP contribution in [0.2, 0.25) is 0 Å². The van der Waals surface area contributed by atoms with Crippen molar-refractivity contribution >= 4 is 27.5 Å². The van der Waals surface area contributed by atoms with Crippen LogP contribution in [0.15, 0.2) is 53.4 Å². The third-order valence-electron chi connectivity index (χ3n) is 3.87. The molecule has 3 rings (SSSR count). The Morgan fingerprint density at radius 1 is 1.14 bits per heavy atom. The number of carbonyl (C=O) groups excluding carboxylic acids is 1. The van der Waals surface area contributed by atoms with Crippen molar-refractivity contribution in [2.75, 3.05) is 17.1 Å². The Labute approximate surface area is 162 Å². The predicted octanol–water partition coefficient (Wildman–Crippen LogP) is 2.14. The maximum Gasteiger partial charge on any atom is 0.362 e. The second-order valence-electron chi connectivity index (χ2n) is 5.92. The standard InChI is InChI=1S/C18H19N5O4S/c1-3-27-18(24)16-17(19)23(22-20-16)14-8-6-13(7-9-14)21-28(25,26)15-10-4-12(2)5-11-15/h4-11,21H,3,19H2,1-2H3. The van der Waals surface area contributed by atoms with Gasteiger partial charge >= 0.3 is 5.97 Å². The molecule has 9 nitrogen and oxygen atoms in total. The van der Waals surface area contributed by atoms with Crippen molar-refractivity contribution in [1.29, 1.82) is 0 Å². The van der Waals surface area contributed by atoms with Gasteiger partial charge in [0.2, 0.25) is 5.69 Å². The topological polar surface area (TPSA) is 129 Å². The summed E-state index contributed by atoms with van der Waals surface area (Å²) in [5.41, 5.74) is 7.69. The molecule has 0 saturated heterocycles. The number of benzene rings is 2. The van der Waals surface area contributed by atoms with Crippen molar-refractivity contribution in [2.45, 2.75) is 18.7 Å². The molecule has 3 N–H and O–H groups in total. The zero-order valence-electron chi connectivity index (χ0n) is 15.3. The Bertz CT molecular complexity index is 1090. The van der Waals surface area contributed by atoms with E-state index in [0.29, 0.717) is 11.4 Å². The largest absolute Gasteiger partial charge is 0.461 e. The number of sulfonamides is 1. The highest BCUT2D eigenvalue weighted by molar-refractivity contribution is 7.92. The van der Waals surface area contributed by atoms with Gasteiger partial charge in [-0.1, -0.05) is 22.9 Å². The summed E-state index contributed by atoms with van der Waals surface area (Å²) in [5, 5.41) is 7.59. The molecule has 146 valence electrons. The first-order valence-corrected chi connectivity index (χ1v) is 9.88. The Balaban J connectivity index is 1.81. The second-order valence-corrected chi connectivity index (χ2v) is 7.60. The highest BCUT2D eigenvalue weighted by Crippen LogP contribution is 2.20. The molecule has 0 fully saturated rings. The van der Waals surface area contributed by atoms with Crippen molar-refractivity contribution < 1.29 is 17.9 Å². The van der Waals surface area contributed by atoms with Crippen molar-refractivity contribution in [2.24, 2.45) is 0 Å². The summed E-state index contributed by atoms with van der Waals surface area (Å²) in [5.74, 6) is -0.625. The summed E-state index contributed by atoms with van der Waals surface area (Å²) in [4.78, 5) is 12.0. The maximum atomic E-state index is 12.5. The lowest BCUT2D eigenvalue weighted by atomic mass is 10.2. The number of nitrogen functional groups attached to an aromatic ring is 1. The molecule has 10 heteroatoms. The fourth-order valence-corrected chi connectivity index (χ4v) is 3.49. The molecule has 28 heavy (non-hydrogen) atoms. The van der Waals surface area contributed by atoms with Gasteiger partial charge in [-0.25, -0.2) is 13.2 Å². The fraction of sp³-hybridized carbons (Fsp3) is 0.167. The summed E-state index contributed by atoms with van der Waals surface area (Å²) in [7, 11) is -3.70. The number of hydrogen-bond donors (Lipinski definition) is 2. The van der Waals surface area contributed by atoms with Crippen LogP contribution < -0.4 is 10.5 Å². The van der Waals surface area contributed by atoms with Crippen LogP contribution in [0.5, 0.6) is 0 Å². The number of rotatable bonds is 6. The smallest absolute Gasteiger partial charge is 0.362 e. The molecule has 0 saturated carbocycles. The summed E-state index contributed by atoms with van der Waals surface area (Å²) >= 11 is 0. The van der Waals surface area contributed by atoms with Crippen molar-refractivity contribution in [1.82, 2.24) is 15.0 Å². The van der Waals surface area contributed by atoms with Gasteiger partial charge in [0, 0.05) is 5.69 Å². The average molecular weight is 401 g/mol. The number of ether oxygens (including phenoxy) is 1. The van der Waals surface area contributed by atoms with Crippen LogP contribution in [0.1, 0.15) is 23.0 Å². The van der Waals surface area contributed by atoms with Gasteiger partial charge in [-0.3, -0.25) is 4.72 Å². The summed E-state index contributed by atoms with van der Waals surface area (Å²) in [6.07, 6.45) is 0. The number of hydrogen-bond acceptors (Lipinski definition) is 7. The minimum absolute atomic E-state index is 0.0337. The first kappa shape index (κ1) is 19.4. The molecule has 0 atom stereocenters. The molecule has 2 aromatic carbocycles. The van der Waals surface area contributed by atoms with E-state index in [1.54, 1.807) is 55.5 Å². The van der Waals surface area contributed by atoms with Crippen LogP contribution in [0.25, 0.3) is 5.69 Å². The van der Waals surface area contributed by atoms with E-state index >= 15 is 0 Å². The van der Waals surface area contributed by atoms with Crippen LogP contribution >= 0.6 is 0 Å². The highest BCUT2D eigenvalue weighted by Gasteiger charge is 2.19. The molecule has 0 amide bonds. The van der Waals surface area contributed by atoms with Crippen molar-refractivity contribution in [3.8, 4) is 5.69 Å². The number of nitrogens with one attached hydrogen (secondary N) is 1. The number of aromatic nitrogens is 3. The summed E-state index contributed by atoms with van der Waals surface area (Å²) in [6, 6.07) is 12.9. The zero-order chi connectivity index (χ0) is 20.3. The number of nitrogens with zero attached hydrogens (tertiary/aromatic N) is 3. The lowest BCUT2D eigenvalue weighted by Gasteiger charge is -2.09. The van der Waals surface area contributed by atoms with Gasteiger partial charge in [0.15, 0.2) is 5.82 Å². The van der Waals surface area contributed by atoms with Crippen LogP contribution in [0.4, 0.5) is 11.5 Å². The van der Waals surface area contributed by atoms with Gasteiger partial charge in [0.05, 0.1) is 17.2 Å². The number of aryl methyl sites for hydroxylation is 1. The lowest BCUT2D eigenvalue weighted by molar-refractivity contribution is 0.0520. The van der Waals surface area contributed by atoms with E-state index in [1.165, 1.54) is 4.68 Å². The van der Waals surface area contributed by atoms with E-state index < -0.39 is 16.0 Å². The molecule has 0 aliphatic rings. The fourth-order valence-electron chi connectivity index (χ4n) is 2.43. The van der Waals surface area contributed by atoms with E-state index in [9.17, 15) is 13.2 Å². The molecule has 0 radical (unpaired) electrons.